The van der Waals surface area contributed by atoms with Crippen LogP contribution in [0, 0.1) is 13.8 Å². The largest absolute Gasteiger partial charge is 0.465 e. The van der Waals surface area contributed by atoms with Gasteiger partial charge in [-0.2, -0.15) is 5.10 Å². The van der Waals surface area contributed by atoms with E-state index in [0.717, 1.165) is 29.1 Å². The van der Waals surface area contributed by atoms with E-state index in [-0.39, 0.29) is 22.0 Å². The number of rotatable bonds is 8. The minimum atomic E-state index is -0.588. The highest BCUT2D eigenvalue weighted by Crippen LogP contribution is 2.34. The van der Waals surface area contributed by atoms with Gasteiger partial charge in [0.25, 0.3) is 0 Å². The van der Waals surface area contributed by atoms with E-state index in [1.165, 1.54) is 13.2 Å². The van der Waals surface area contributed by atoms with E-state index in [1.54, 1.807) is 19.2 Å². The third-order valence-electron chi connectivity index (χ3n) is 4.25. The first kappa shape index (κ1) is 22.4. The topological polar surface area (TPSA) is 99.5 Å². The number of carbonyl (C=O) groups is 3. The molecule has 0 aliphatic carbocycles. The van der Waals surface area contributed by atoms with E-state index in [1.807, 2.05) is 25.5 Å². The average Bonchev–Trinajstić information content (AvgIpc) is 3.23. The molecular formula is C20H25N3O5S. The number of ether oxygens (including phenoxy) is 2. The van der Waals surface area contributed by atoms with E-state index >= 15 is 0 Å². The third-order valence-corrected chi connectivity index (χ3v) is 5.44. The Bertz CT molecular complexity index is 942. The van der Waals surface area contributed by atoms with E-state index in [9.17, 15) is 14.4 Å². The molecule has 0 bridgehead atoms. The number of aryl methyl sites for hydroxylation is 1. The fourth-order valence-corrected chi connectivity index (χ4v) is 3.78. The molecule has 0 unspecified atom stereocenters. The lowest BCUT2D eigenvalue weighted by atomic mass is 10.1. The highest BCUT2D eigenvalue weighted by atomic mass is 32.1. The predicted molar refractivity (Wildman–Crippen MR) is 111 cm³/mol. The number of thiophene rings is 1. The minimum Gasteiger partial charge on any atom is -0.465 e. The number of nitrogens with zero attached hydrogens (tertiary/aromatic N) is 2. The summed E-state index contributed by atoms with van der Waals surface area (Å²) in [6, 6.07) is 0. The number of esters is 2. The molecule has 8 nitrogen and oxygen atoms in total. The Morgan fingerprint density at radius 2 is 1.97 bits per heavy atom. The second-order valence-corrected chi connectivity index (χ2v) is 7.23. The first-order chi connectivity index (χ1) is 13.8. The molecule has 0 aliphatic rings. The molecule has 2 rings (SSSR count). The van der Waals surface area contributed by atoms with Gasteiger partial charge in [0.1, 0.15) is 9.88 Å². The number of methoxy groups -OCH3 is 1. The maximum absolute atomic E-state index is 12.5. The summed E-state index contributed by atoms with van der Waals surface area (Å²) >= 11 is 0.984. The van der Waals surface area contributed by atoms with Crippen LogP contribution in [0.4, 0.5) is 5.00 Å². The van der Waals surface area contributed by atoms with E-state index < -0.39 is 17.8 Å². The normalized spacial score (nSPS) is 10.9. The molecule has 156 valence electrons. The van der Waals surface area contributed by atoms with Crippen LogP contribution in [0.5, 0.6) is 0 Å². The van der Waals surface area contributed by atoms with E-state index in [4.69, 9.17) is 9.47 Å². The zero-order valence-electron chi connectivity index (χ0n) is 17.2. The summed E-state index contributed by atoms with van der Waals surface area (Å²) in [6.07, 6.45) is 5.35. The fourth-order valence-electron chi connectivity index (χ4n) is 2.66. The molecule has 2 aromatic rings. The Labute approximate surface area is 173 Å². The molecule has 0 saturated carbocycles. The van der Waals surface area contributed by atoms with Crippen molar-refractivity contribution in [2.45, 2.75) is 40.7 Å². The van der Waals surface area contributed by atoms with Gasteiger partial charge in [-0.3, -0.25) is 9.48 Å². The molecule has 0 aliphatic heterocycles. The van der Waals surface area contributed by atoms with Gasteiger partial charge in [-0.15, -0.1) is 11.3 Å². The molecular weight excluding hydrogens is 394 g/mol. The zero-order chi connectivity index (χ0) is 21.6. The molecule has 0 atom stereocenters. The van der Waals surface area contributed by atoms with Crippen molar-refractivity contribution in [3.05, 3.63) is 39.5 Å². The SMILES string of the molecule is CCCOC(=O)c1c(NC(=O)C=Cc2cnn(CC)c2C)sc(C(=O)OC)c1C. The second kappa shape index (κ2) is 10.0. The summed E-state index contributed by atoms with van der Waals surface area (Å²) in [5.74, 6) is -1.60. The molecule has 29 heavy (non-hydrogen) atoms. The number of nitrogens with one attached hydrogen (secondary N) is 1. The molecule has 9 heteroatoms. The maximum Gasteiger partial charge on any atom is 0.348 e. The number of amides is 1. The molecule has 1 N–H and O–H groups in total. The molecule has 2 aromatic heterocycles. The smallest absolute Gasteiger partial charge is 0.348 e. The summed E-state index contributed by atoms with van der Waals surface area (Å²) in [7, 11) is 1.26. The van der Waals surface area contributed by atoms with Crippen molar-refractivity contribution in [2.75, 3.05) is 19.0 Å². The maximum atomic E-state index is 12.5. The van der Waals surface area contributed by atoms with Crippen molar-refractivity contribution in [1.82, 2.24) is 9.78 Å². The second-order valence-electron chi connectivity index (χ2n) is 6.21. The molecule has 0 aromatic carbocycles. The number of anilines is 1. The highest BCUT2D eigenvalue weighted by Gasteiger charge is 2.26. The van der Waals surface area contributed by atoms with Crippen molar-refractivity contribution in [1.29, 1.82) is 0 Å². The quantitative estimate of drug-likeness (QED) is 0.519. The highest BCUT2D eigenvalue weighted by molar-refractivity contribution is 7.18. The molecule has 0 spiro atoms. The lowest BCUT2D eigenvalue weighted by Crippen LogP contribution is -2.13. The van der Waals surface area contributed by atoms with Gasteiger partial charge in [0.05, 0.1) is 25.5 Å². The van der Waals surface area contributed by atoms with Gasteiger partial charge in [-0.25, -0.2) is 9.59 Å². The van der Waals surface area contributed by atoms with Crippen LogP contribution < -0.4 is 5.32 Å². The van der Waals surface area contributed by atoms with Crippen LogP contribution in [-0.4, -0.2) is 41.3 Å². The van der Waals surface area contributed by atoms with Crippen LogP contribution in [0.2, 0.25) is 0 Å². The summed E-state index contributed by atoms with van der Waals surface area (Å²) < 4.78 is 11.8. The van der Waals surface area contributed by atoms with Crippen LogP contribution in [0.3, 0.4) is 0 Å². The summed E-state index contributed by atoms with van der Waals surface area (Å²) in [6.45, 7) is 8.39. The number of hydrogen-bond acceptors (Lipinski definition) is 7. The van der Waals surface area contributed by atoms with Crippen LogP contribution in [0.15, 0.2) is 12.3 Å². The Morgan fingerprint density at radius 3 is 2.55 bits per heavy atom. The van der Waals surface area contributed by atoms with Crippen molar-refractivity contribution < 1.29 is 23.9 Å². The zero-order valence-corrected chi connectivity index (χ0v) is 18.0. The first-order valence-corrected chi connectivity index (χ1v) is 10.1. The lowest BCUT2D eigenvalue weighted by molar-refractivity contribution is -0.111. The van der Waals surface area contributed by atoms with Gasteiger partial charge >= 0.3 is 11.9 Å². The molecule has 1 amide bonds. The van der Waals surface area contributed by atoms with Crippen LogP contribution in [0.25, 0.3) is 6.08 Å². The summed E-state index contributed by atoms with van der Waals surface area (Å²) in [5.41, 5.74) is 2.35. The molecule has 0 saturated heterocycles. The Morgan fingerprint density at radius 1 is 1.24 bits per heavy atom. The van der Waals surface area contributed by atoms with E-state index in [2.05, 4.69) is 10.4 Å². The number of hydrogen-bond donors (Lipinski definition) is 1. The predicted octanol–water partition coefficient (Wildman–Crippen LogP) is 3.59. The lowest BCUT2D eigenvalue weighted by Gasteiger charge is -2.06. The van der Waals surface area contributed by atoms with Crippen molar-refractivity contribution in [3.63, 3.8) is 0 Å². The monoisotopic (exact) mass is 419 g/mol. The van der Waals surface area contributed by atoms with Gasteiger partial charge in [0.2, 0.25) is 5.91 Å². The van der Waals surface area contributed by atoms with Gasteiger partial charge < -0.3 is 14.8 Å². The Kier molecular flexibility index (Phi) is 7.72. The van der Waals surface area contributed by atoms with Crippen LogP contribution in [0.1, 0.15) is 57.1 Å². The third kappa shape index (κ3) is 5.11. The fraction of sp³-hybridized carbons (Fsp3) is 0.400. The van der Waals surface area contributed by atoms with Gasteiger partial charge in [-0.05, 0) is 38.8 Å². The Hall–Kier alpha value is -2.94. The number of aromatic nitrogens is 2. The molecule has 2 heterocycles. The summed E-state index contributed by atoms with van der Waals surface area (Å²) in [4.78, 5) is 37.1. The van der Waals surface area contributed by atoms with Gasteiger partial charge in [0, 0.05) is 23.9 Å². The average molecular weight is 420 g/mol. The summed E-state index contributed by atoms with van der Waals surface area (Å²) in [5, 5.41) is 7.15. The van der Waals surface area contributed by atoms with Crippen LogP contribution in [-0.2, 0) is 20.8 Å². The minimum absolute atomic E-state index is 0.167. The van der Waals surface area contributed by atoms with Crippen molar-refractivity contribution in [2.24, 2.45) is 0 Å². The van der Waals surface area contributed by atoms with Crippen molar-refractivity contribution >= 4 is 40.3 Å². The standard InChI is InChI=1S/C20H25N3O5S/c1-6-10-28-19(25)16-12(3)17(20(26)27-5)29-18(16)22-15(24)9-8-14-11-21-23(7-2)13(14)4/h8-9,11H,6-7,10H2,1-5H3,(H,22,24). The van der Waals surface area contributed by atoms with Crippen LogP contribution >= 0.6 is 11.3 Å². The Balaban J connectivity index is 2.28. The molecule has 0 radical (unpaired) electrons. The van der Waals surface area contributed by atoms with E-state index in [0.29, 0.717) is 12.0 Å². The van der Waals surface area contributed by atoms with Gasteiger partial charge in [-0.1, -0.05) is 6.92 Å². The van der Waals surface area contributed by atoms with Gasteiger partial charge in [0.15, 0.2) is 0 Å². The molecule has 0 fully saturated rings. The van der Waals surface area contributed by atoms with Crippen molar-refractivity contribution in [3.8, 4) is 0 Å². The first-order valence-electron chi connectivity index (χ1n) is 9.24. The number of carbonyl (C=O) groups excluding carboxylic acids is 3.